The molecule has 0 radical (unpaired) electrons. The molecule has 1 atom stereocenters. The molecule has 0 bridgehead atoms. The van der Waals surface area contributed by atoms with E-state index in [1.807, 2.05) is 24.3 Å². The Morgan fingerprint density at radius 1 is 1.14 bits per heavy atom. The topological polar surface area (TPSA) is 117 Å². The lowest BCUT2D eigenvalue weighted by Crippen LogP contribution is -2.36. The molecule has 1 fully saturated rings. The third kappa shape index (κ3) is 4.87. The lowest BCUT2D eigenvalue weighted by atomic mass is 10.00. The molecule has 1 aliphatic rings. The summed E-state index contributed by atoms with van der Waals surface area (Å²) in [5.41, 5.74) is 3.43. The van der Waals surface area contributed by atoms with Gasteiger partial charge in [0.15, 0.2) is 6.10 Å². The fourth-order valence-electron chi connectivity index (χ4n) is 4.12. The third-order valence-electron chi connectivity index (χ3n) is 5.97. The Morgan fingerprint density at radius 3 is 2.72 bits per heavy atom. The van der Waals surface area contributed by atoms with Crippen LogP contribution in [0.5, 0.6) is 11.6 Å². The highest BCUT2D eigenvalue weighted by Crippen LogP contribution is 2.34. The summed E-state index contributed by atoms with van der Waals surface area (Å²) >= 11 is 0. The molecule has 0 spiro atoms. The number of phenolic OH excluding ortho intramolecular Hbond substituents is 1. The second kappa shape index (κ2) is 10.1. The first-order valence-corrected chi connectivity index (χ1v) is 11.5. The Bertz CT molecular complexity index is 1430. The van der Waals surface area contributed by atoms with Crippen molar-refractivity contribution >= 4 is 16.6 Å². The summed E-state index contributed by atoms with van der Waals surface area (Å²) in [4.78, 5) is 11.0. The molecule has 1 unspecified atom stereocenters. The Hall–Kier alpha value is -4.36. The number of nitriles is 1. The van der Waals surface area contributed by atoms with Crippen molar-refractivity contribution in [2.24, 2.45) is 0 Å². The first-order valence-electron chi connectivity index (χ1n) is 11.5. The molecule has 2 aromatic carbocycles. The van der Waals surface area contributed by atoms with Gasteiger partial charge in [-0.05, 0) is 37.3 Å². The fraction of sp³-hybridized carbons (Fsp3) is 0.269. The number of hydrogen-bond acceptors (Lipinski definition) is 9. The highest BCUT2D eigenvalue weighted by Gasteiger charge is 2.18. The van der Waals surface area contributed by atoms with Crippen LogP contribution in [0.4, 0.5) is 10.1 Å². The lowest BCUT2D eigenvalue weighted by Gasteiger charge is -2.29. The van der Waals surface area contributed by atoms with Crippen molar-refractivity contribution in [3.05, 3.63) is 65.9 Å². The van der Waals surface area contributed by atoms with Crippen molar-refractivity contribution < 1.29 is 19.0 Å². The van der Waals surface area contributed by atoms with Gasteiger partial charge in [-0.15, -0.1) is 5.10 Å². The van der Waals surface area contributed by atoms with Gasteiger partial charge in [-0.1, -0.05) is 0 Å². The van der Waals surface area contributed by atoms with Crippen LogP contribution >= 0.6 is 0 Å². The Balaban J connectivity index is 1.46. The van der Waals surface area contributed by atoms with Gasteiger partial charge in [0.2, 0.25) is 5.88 Å². The minimum atomic E-state index is -0.651. The van der Waals surface area contributed by atoms with Crippen LogP contribution in [0.3, 0.4) is 0 Å². The van der Waals surface area contributed by atoms with Crippen molar-refractivity contribution in [2.75, 3.05) is 31.2 Å². The van der Waals surface area contributed by atoms with Gasteiger partial charge in [0.1, 0.15) is 24.0 Å². The van der Waals surface area contributed by atoms with Crippen LogP contribution in [-0.4, -0.2) is 57.7 Å². The van der Waals surface area contributed by atoms with Gasteiger partial charge in [0.05, 0.1) is 30.1 Å². The van der Waals surface area contributed by atoms with Gasteiger partial charge in [-0.25, -0.2) is 14.4 Å². The predicted molar refractivity (Wildman–Crippen MR) is 130 cm³/mol. The fourth-order valence-corrected chi connectivity index (χ4v) is 4.12. The predicted octanol–water partition coefficient (Wildman–Crippen LogP) is 3.65. The van der Waals surface area contributed by atoms with Gasteiger partial charge < -0.3 is 19.5 Å². The molecule has 182 valence electrons. The van der Waals surface area contributed by atoms with Crippen LogP contribution in [0.15, 0.2) is 48.8 Å². The van der Waals surface area contributed by atoms with E-state index >= 15 is 4.39 Å². The zero-order valence-corrected chi connectivity index (χ0v) is 19.6. The quantitative estimate of drug-likeness (QED) is 0.436. The molecule has 36 heavy (non-hydrogen) atoms. The molecule has 4 aromatic rings. The summed E-state index contributed by atoms with van der Waals surface area (Å²) < 4.78 is 25.8. The molecular formula is C26H23FN6O3. The van der Waals surface area contributed by atoms with Crippen LogP contribution in [0, 0.1) is 17.1 Å². The highest BCUT2D eigenvalue weighted by molar-refractivity contribution is 5.94. The molecule has 10 heteroatoms. The van der Waals surface area contributed by atoms with E-state index in [1.54, 1.807) is 25.1 Å². The summed E-state index contributed by atoms with van der Waals surface area (Å²) in [6, 6.07) is 13.7. The number of rotatable bonds is 6. The first kappa shape index (κ1) is 23.4. The van der Waals surface area contributed by atoms with Crippen LogP contribution in [0.1, 0.15) is 18.2 Å². The van der Waals surface area contributed by atoms with Crippen molar-refractivity contribution in [2.45, 2.75) is 19.4 Å². The van der Waals surface area contributed by atoms with Gasteiger partial charge >= 0.3 is 0 Å². The average Bonchev–Trinajstić information content (AvgIpc) is 2.91. The largest absolute Gasteiger partial charge is 0.508 e. The zero-order chi connectivity index (χ0) is 25.1. The summed E-state index contributed by atoms with van der Waals surface area (Å²) in [5, 5.41) is 28.1. The number of hydrogen-bond donors (Lipinski definition) is 1. The van der Waals surface area contributed by atoms with Crippen molar-refractivity contribution in [1.82, 2.24) is 20.2 Å². The van der Waals surface area contributed by atoms with Crippen LogP contribution in [0.2, 0.25) is 0 Å². The van der Waals surface area contributed by atoms with Crippen molar-refractivity contribution in [3.63, 3.8) is 0 Å². The second-order valence-corrected chi connectivity index (χ2v) is 8.41. The number of aromatic hydroxyl groups is 1. The number of aromatic nitrogens is 4. The Labute approximate surface area is 206 Å². The zero-order valence-electron chi connectivity index (χ0n) is 19.6. The summed E-state index contributed by atoms with van der Waals surface area (Å²) in [5.74, 6) is -0.556. The van der Waals surface area contributed by atoms with E-state index in [-0.39, 0.29) is 23.6 Å². The van der Waals surface area contributed by atoms with E-state index in [0.29, 0.717) is 41.1 Å². The number of halogens is 1. The molecule has 1 N–H and O–H groups in total. The monoisotopic (exact) mass is 486 g/mol. The number of nitrogens with zero attached hydrogens (tertiary/aromatic N) is 6. The Morgan fingerprint density at radius 2 is 1.97 bits per heavy atom. The van der Waals surface area contributed by atoms with E-state index < -0.39 is 11.9 Å². The summed E-state index contributed by atoms with van der Waals surface area (Å²) in [7, 11) is 0. The maximum atomic E-state index is 15.0. The maximum Gasteiger partial charge on any atom is 0.234 e. The number of phenols is 1. The van der Waals surface area contributed by atoms with Gasteiger partial charge in [0, 0.05) is 53.8 Å². The normalized spacial score (nSPS) is 14.4. The average molecular weight is 487 g/mol. The van der Waals surface area contributed by atoms with Crippen molar-refractivity contribution in [3.8, 4) is 29.0 Å². The minimum absolute atomic E-state index is 0.190. The second-order valence-electron chi connectivity index (χ2n) is 8.41. The van der Waals surface area contributed by atoms with E-state index in [1.165, 1.54) is 6.33 Å². The molecule has 1 aliphatic heterocycles. The smallest absolute Gasteiger partial charge is 0.234 e. The Kier molecular flexibility index (Phi) is 6.56. The summed E-state index contributed by atoms with van der Waals surface area (Å²) in [6.07, 6.45) is 0.977. The van der Waals surface area contributed by atoms with Crippen LogP contribution < -0.4 is 9.64 Å². The van der Waals surface area contributed by atoms with E-state index in [2.05, 4.69) is 25.1 Å². The van der Waals surface area contributed by atoms with Crippen LogP contribution in [-0.2, 0) is 11.2 Å². The SMILES string of the molecule is CC(C#N)Oc1ccc(Cc2cc(-c3ncnc4cc(N5CCOCC5)ccc34)c(F)cc2O)nn1. The molecule has 0 aliphatic carbocycles. The number of fused-ring (bicyclic) bond motifs is 1. The minimum Gasteiger partial charge on any atom is -0.508 e. The maximum absolute atomic E-state index is 15.0. The molecule has 0 saturated carbocycles. The lowest BCUT2D eigenvalue weighted by molar-refractivity contribution is 0.122. The van der Waals surface area contributed by atoms with E-state index in [0.717, 1.165) is 24.8 Å². The standard InChI is InChI=1S/C26H23FN6O3/c1-16(14-28)36-25-5-2-18(31-32-25)10-17-11-21(22(27)13-24(17)34)26-20-4-3-19(12-23(20)29-15-30-26)33-6-8-35-9-7-33/h2-5,11-13,15-16,34H,6-10H2,1H3. The van der Waals surface area contributed by atoms with Crippen LogP contribution in [0.25, 0.3) is 22.2 Å². The van der Waals surface area contributed by atoms with Gasteiger partial charge in [0.25, 0.3) is 0 Å². The molecule has 9 nitrogen and oxygen atoms in total. The molecule has 5 rings (SSSR count). The third-order valence-corrected chi connectivity index (χ3v) is 5.97. The number of morpholine rings is 1. The van der Waals surface area contributed by atoms with Gasteiger partial charge in [-0.2, -0.15) is 10.4 Å². The van der Waals surface area contributed by atoms with Crippen molar-refractivity contribution in [1.29, 1.82) is 5.26 Å². The molecule has 3 heterocycles. The first-order chi connectivity index (χ1) is 17.5. The molecule has 1 saturated heterocycles. The van der Waals surface area contributed by atoms with E-state index in [9.17, 15) is 5.11 Å². The number of ether oxygens (including phenoxy) is 2. The molecule has 2 aromatic heterocycles. The highest BCUT2D eigenvalue weighted by atomic mass is 19.1. The molecular weight excluding hydrogens is 463 g/mol. The molecule has 0 amide bonds. The number of anilines is 1. The van der Waals surface area contributed by atoms with Gasteiger partial charge in [-0.3, -0.25) is 0 Å². The summed E-state index contributed by atoms with van der Waals surface area (Å²) in [6.45, 7) is 4.55. The number of benzene rings is 2. The van der Waals surface area contributed by atoms with E-state index in [4.69, 9.17) is 14.7 Å².